The lowest BCUT2D eigenvalue weighted by molar-refractivity contribution is -0.152. The van der Waals surface area contributed by atoms with E-state index in [9.17, 15) is 22.8 Å². The molecule has 33 heavy (non-hydrogen) atoms. The number of hydrogen-bond donors (Lipinski definition) is 0. The van der Waals surface area contributed by atoms with Crippen molar-refractivity contribution in [3.8, 4) is 22.6 Å². The maximum Gasteiger partial charge on any atom is 0.450 e. The van der Waals surface area contributed by atoms with E-state index in [-0.39, 0.29) is 34.7 Å². The largest absolute Gasteiger partial charge is 0.497 e. The van der Waals surface area contributed by atoms with E-state index >= 15 is 0 Å². The van der Waals surface area contributed by atoms with Crippen LogP contribution in [0.5, 0.6) is 11.5 Å². The summed E-state index contributed by atoms with van der Waals surface area (Å²) in [5.74, 6) is -1.18. The van der Waals surface area contributed by atoms with Crippen molar-refractivity contribution in [3.05, 3.63) is 94.3 Å². The van der Waals surface area contributed by atoms with E-state index in [1.165, 1.54) is 49.6 Å². The maximum atomic E-state index is 13.8. The Hall–Kier alpha value is -4.07. The average molecular weight is 454 g/mol. The van der Waals surface area contributed by atoms with Gasteiger partial charge in [0.15, 0.2) is 12.4 Å². The van der Waals surface area contributed by atoms with E-state index < -0.39 is 22.9 Å². The van der Waals surface area contributed by atoms with Gasteiger partial charge in [-0.1, -0.05) is 42.5 Å². The molecule has 0 saturated carbocycles. The zero-order valence-corrected chi connectivity index (χ0v) is 17.3. The number of alkyl halides is 3. The molecule has 3 aromatic carbocycles. The highest BCUT2D eigenvalue weighted by Gasteiger charge is 2.39. The highest BCUT2D eigenvalue weighted by atomic mass is 19.4. The van der Waals surface area contributed by atoms with Crippen LogP contribution >= 0.6 is 0 Å². The van der Waals surface area contributed by atoms with Gasteiger partial charge in [-0.05, 0) is 29.8 Å². The van der Waals surface area contributed by atoms with Crippen molar-refractivity contribution >= 4 is 16.8 Å². The van der Waals surface area contributed by atoms with Crippen molar-refractivity contribution in [2.45, 2.75) is 6.18 Å². The number of methoxy groups -OCH3 is 1. The second-order valence-corrected chi connectivity index (χ2v) is 7.10. The van der Waals surface area contributed by atoms with Gasteiger partial charge < -0.3 is 13.9 Å². The Morgan fingerprint density at radius 1 is 0.939 bits per heavy atom. The number of ketones is 1. The van der Waals surface area contributed by atoms with Gasteiger partial charge in [-0.25, -0.2) is 0 Å². The topological polar surface area (TPSA) is 65.7 Å². The molecular formula is C25H17F3O5. The van der Waals surface area contributed by atoms with Crippen molar-refractivity contribution in [2.24, 2.45) is 0 Å². The number of carbonyl (C=O) groups excluding carboxylic acids is 1. The van der Waals surface area contributed by atoms with Crippen LogP contribution < -0.4 is 14.9 Å². The van der Waals surface area contributed by atoms with Crippen LogP contribution in [0.15, 0.2) is 82.0 Å². The molecule has 4 aromatic rings. The SMILES string of the molecule is COc1ccc(-c2c(C(F)(F)F)oc3cc(OCC(=O)c4ccccc4)ccc3c2=O)cc1. The molecule has 0 atom stereocenters. The molecule has 1 aromatic heterocycles. The zero-order valence-electron chi connectivity index (χ0n) is 17.3. The number of halogens is 3. The number of hydrogen-bond acceptors (Lipinski definition) is 5. The Bertz CT molecular complexity index is 1360. The molecule has 0 aliphatic rings. The average Bonchev–Trinajstić information content (AvgIpc) is 2.82. The molecule has 0 fully saturated rings. The molecule has 4 rings (SSSR count). The van der Waals surface area contributed by atoms with Crippen molar-refractivity contribution < 1.29 is 31.9 Å². The number of benzene rings is 3. The van der Waals surface area contributed by atoms with Gasteiger partial charge in [-0.2, -0.15) is 13.2 Å². The second-order valence-electron chi connectivity index (χ2n) is 7.10. The molecule has 0 radical (unpaired) electrons. The lowest BCUT2D eigenvalue weighted by Crippen LogP contribution is -2.16. The molecule has 0 unspecified atom stereocenters. The quantitative estimate of drug-likeness (QED) is 0.347. The first-order chi connectivity index (χ1) is 15.8. The van der Waals surface area contributed by atoms with Crippen LogP contribution in [0.4, 0.5) is 13.2 Å². The fraction of sp³-hybridized carbons (Fsp3) is 0.120. The summed E-state index contributed by atoms with van der Waals surface area (Å²) in [6.45, 7) is -0.324. The van der Waals surface area contributed by atoms with E-state index in [0.717, 1.165) is 0 Å². The minimum Gasteiger partial charge on any atom is -0.497 e. The maximum absolute atomic E-state index is 13.8. The van der Waals surface area contributed by atoms with Gasteiger partial charge >= 0.3 is 6.18 Å². The summed E-state index contributed by atoms with van der Waals surface area (Å²) in [7, 11) is 1.42. The van der Waals surface area contributed by atoms with Crippen LogP contribution in [-0.2, 0) is 6.18 Å². The molecule has 1 heterocycles. The van der Waals surface area contributed by atoms with Crippen molar-refractivity contribution in [3.63, 3.8) is 0 Å². The van der Waals surface area contributed by atoms with Gasteiger partial charge in [-0.3, -0.25) is 9.59 Å². The summed E-state index contributed by atoms with van der Waals surface area (Å²) >= 11 is 0. The zero-order chi connectivity index (χ0) is 23.6. The van der Waals surface area contributed by atoms with E-state index in [4.69, 9.17) is 13.9 Å². The third-order valence-corrected chi connectivity index (χ3v) is 4.97. The van der Waals surface area contributed by atoms with Gasteiger partial charge in [0.25, 0.3) is 0 Å². The van der Waals surface area contributed by atoms with Crippen LogP contribution in [0.3, 0.4) is 0 Å². The molecule has 0 bridgehead atoms. The molecule has 5 nitrogen and oxygen atoms in total. The van der Waals surface area contributed by atoms with Crippen LogP contribution in [0.1, 0.15) is 16.1 Å². The smallest absolute Gasteiger partial charge is 0.450 e. The molecule has 8 heteroatoms. The normalized spacial score (nSPS) is 11.4. The lowest BCUT2D eigenvalue weighted by atomic mass is 10.0. The van der Waals surface area contributed by atoms with E-state index in [2.05, 4.69) is 0 Å². The molecular weight excluding hydrogens is 437 g/mol. The first kappa shape index (κ1) is 22.1. The molecule has 0 aliphatic heterocycles. The summed E-state index contributed by atoms with van der Waals surface area (Å²) in [6.07, 6.45) is -4.91. The summed E-state index contributed by atoms with van der Waals surface area (Å²) in [4.78, 5) is 25.2. The van der Waals surface area contributed by atoms with Gasteiger partial charge in [0.05, 0.1) is 18.1 Å². The van der Waals surface area contributed by atoms with Crippen LogP contribution in [-0.4, -0.2) is 19.5 Å². The van der Waals surface area contributed by atoms with Gasteiger partial charge in [0.1, 0.15) is 17.1 Å². The number of carbonyl (C=O) groups is 1. The van der Waals surface area contributed by atoms with Crippen molar-refractivity contribution in [1.82, 2.24) is 0 Å². The Balaban J connectivity index is 1.73. The Morgan fingerprint density at radius 2 is 1.61 bits per heavy atom. The Labute approximate surface area is 186 Å². The summed E-state index contributed by atoms with van der Waals surface area (Å²) in [6, 6.07) is 18.0. The van der Waals surface area contributed by atoms with Crippen LogP contribution in [0, 0.1) is 0 Å². The molecule has 0 saturated heterocycles. The molecule has 0 spiro atoms. The van der Waals surface area contributed by atoms with E-state index in [0.29, 0.717) is 11.3 Å². The summed E-state index contributed by atoms with van der Waals surface area (Å²) in [5.41, 5.74) is -1.23. The molecule has 168 valence electrons. The van der Waals surface area contributed by atoms with Crippen molar-refractivity contribution in [1.29, 1.82) is 0 Å². The number of Topliss-reactive ketones (excluding diaryl/α,β-unsaturated/α-hetero) is 1. The summed E-state index contributed by atoms with van der Waals surface area (Å²) in [5, 5.41) is -0.0458. The van der Waals surface area contributed by atoms with Crippen LogP contribution in [0.25, 0.3) is 22.1 Å². The fourth-order valence-corrected chi connectivity index (χ4v) is 3.34. The Morgan fingerprint density at radius 3 is 2.24 bits per heavy atom. The lowest BCUT2D eigenvalue weighted by Gasteiger charge is -2.14. The third-order valence-electron chi connectivity index (χ3n) is 4.97. The first-order valence-corrected chi connectivity index (χ1v) is 9.81. The highest BCUT2D eigenvalue weighted by molar-refractivity contribution is 5.97. The van der Waals surface area contributed by atoms with Gasteiger partial charge in [0, 0.05) is 11.6 Å². The van der Waals surface area contributed by atoms with Crippen LogP contribution in [0.2, 0.25) is 0 Å². The predicted molar refractivity (Wildman–Crippen MR) is 116 cm³/mol. The second kappa shape index (κ2) is 8.82. The fourth-order valence-electron chi connectivity index (χ4n) is 3.34. The number of ether oxygens (including phenoxy) is 2. The minimum atomic E-state index is -4.91. The molecule has 0 amide bonds. The van der Waals surface area contributed by atoms with E-state index in [1.807, 2.05) is 0 Å². The summed E-state index contributed by atoms with van der Waals surface area (Å²) < 4.78 is 57.0. The highest BCUT2D eigenvalue weighted by Crippen LogP contribution is 2.38. The monoisotopic (exact) mass is 454 g/mol. The number of rotatable bonds is 6. The Kier molecular flexibility index (Phi) is 5.91. The van der Waals surface area contributed by atoms with Crippen molar-refractivity contribution in [2.75, 3.05) is 13.7 Å². The standard InChI is InChI=1S/C25H17F3O5/c1-31-17-9-7-16(8-10-17)22-23(30)19-12-11-18(13-21(19)33-24(22)25(26,27)28)32-14-20(29)15-5-3-2-4-6-15/h2-13H,14H2,1H3. The molecule has 0 aliphatic carbocycles. The number of fused-ring (bicyclic) bond motifs is 1. The first-order valence-electron chi connectivity index (χ1n) is 9.81. The van der Waals surface area contributed by atoms with E-state index in [1.54, 1.807) is 30.3 Å². The van der Waals surface area contributed by atoms with Gasteiger partial charge in [0.2, 0.25) is 11.2 Å². The third kappa shape index (κ3) is 4.59. The predicted octanol–water partition coefficient (Wildman–Crippen LogP) is 5.75. The molecule has 0 N–H and O–H groups in total. The van der Waals surface area contributed by atoms with Gasteiger partial charge in [-0.15, -0.1) is 0 Å². The minimum absolute atomic E-state index is 0.0458.